The van der Waals surface area contributed by atoms with Crippen molar-refractivity contribution in [1.29, 1.82) is 0 Å². The van der Waals surface area contributed by atoms with Crippen molar-refractivity contribution in [1.82, 2.24) is 16.0 Å². The predicted molar refractivity (Wildman–Crippen MR) is 96.0 cm³/mol. The number of nitrogens with one attached hydrogen (secondary N) is 3. The van der Waals surface area contributed by atoms with Gasteiger partial charge in [-0.05, 0) is 62.9 Å². The van der Waals surface area contributed by atoms with E-state index in [-0.39, 0.29) is 30.4 Å². The van der Waals surface area contributed by atoms with E-state index in [9.17, 15) is 9.59 Å². The van der Waals surface area contributed by atoms with Gasteiger partial charge < -0.3 is 20.7 Å². The van der Waals surface area contributed by atoms with Crippen molar-refractivity contribution >= 4 is 11.9 Å². The van der Waals surface area contributed by atoms with Crippen LogP contribution in [0, 0.1) is 17.8 Å². The molecule has 6 atom stereocenters. The van der Waals surface area contributed by atoms with Gasteiger partial charge in [0.2, 0.25) is 5.91 Å². The largest absolute Gasteiger partial charge is 0.469 e. The summed E-state index contributed by atoms with van der Waals surface area (Å²) >= 11 is 0. The van der Waals surface area contributed by atoms with E-state index in [0.29, 0.717) is 23.8 Å². The van der Waals surface area contributed by atoms with E-state index in [1.165, 1.54) is 26.4 Å². The molecule has 25 heavy (non-hydrogen) atoms. The first kappa shape index (κ1) is 18.6. The van der Waals surface area contributed by atoms with Crippen LogP contribution in [0.25, 0.3) is 0 Å². The van der Waals surface area contributed by atoms with Crippen LogP contribution < -0.4 is 16.0 Å². The molecule has 1 aliphatic carbocycles. The van der Waals surface area contributed by atoms with Crippen molar-refractivity contribution in [2.75, 3.05) is 20.2 Å². The minimum atomic E-state index is -0.252. The van der Waals surface area contributed by atoms with Gasteiger partial charge in [-0.25, -0.2) is 0 Å². The fourth-order valence-electron chi connectivity index (χ4n) is 4.98. The van der Waals surface area contributed by atoms with Gasteiger partial charge in [0, 0.05) is 12.1 Å². The maximum atomic E-state index is 12.9. The molecule has 2 heterocycles. The van der Waals surface area contributed by atoms with E-state index in [1.807, 2.05) is 0 Å². The maximum absolute atomic E-state index is 12.9. The van der Waals surface area contributed by atoms with Crippen molar-refractivity contribution in [3.05, 3.63) is 0 Å². The number of methoxy groups -OCH3 is 1. The smallest absolute Gasteiger partial charge is 0.307 e. The zero-order valence-electron chi connectivity index (χ0n) is 15.6. The lowest BCUT2D eigenvalue weighted by atomic mass is 9.78. The molecule has 6 heteroatoms. The number of hydrogen-bond acceptors (Lipinski definition) is 5. The monoisotopic (exact) mass is 351 g/mol. The Morgan fingerprint density at radius 3 is 2.76 bits per heavy atom. The zero-order chi connectivity index (χ0) is 17.8. The lowest BCUT2D eigenvalue weighted by molar-refractivity contribution is -0.141. The predicted octanol–water partition coefficient (Wildman–Crippen LogP) is 1.20. The molecule has 2 aliphatic heterocycles. The highest BCUT2D eigenvalue weighted by Gasteiger charge is 2.42. The molecule has 1 saturated carbocycles. The number of amides is 1. The molecule has 0 radical (unpaired) electrons. The highest BCUT2D eigenvalue weighted by Crippen LogP contribution is 2.36. The average Bonchev–Trinajstić information content (AvgIpc) is 3.07. The van der Waals surface area contributed by atoms with Gasteiger partial charge in [0.15, 0.2) is 0 Å². The third kappa shape index (κ3) is 4.53. The summed E-state index contributed by atoms with van der Waals surface area (Å²) in [6, 6.07) is 0.210. The van der Waals surface area contributed by atoms with E-state index < -0.39 is 0 Å². The Balaban J connectivity index is 1.60. The summed E-state index contributed by atoms with van der Waals surface area (Å²) in [6.07, 6.45) is 7.05. The minimum Gasteiger partial charge on any atom is -0.469 e. The molecule has 0 aromatic carbocycles. The number of hydrogen-bond donors (Lipinski definition) is 3. The second-order valence-electron chi connectivity index (χ2n) is 8.15. The van der Waals surface area contributed by atoms with Crippen LogP contribution in [0.1, 0.15) is 51.9 Å². The Morgan fingerprint density at radius 2 is 2.08 bits per heavy atom. The zero-order valence-corrected chi connectivity index (χ0v) is 15.6. The first-order valence-electron chi connectivity index (χ1n) is 9.92. The van der Waals surface area contributed by atoms with Crippen LogP contribution in [0.4, 0.5) is 0 Å². The number of piperidine rings is 1. The molecule has 3 N–H and O–H groups in total. The Hall–Kier alpha value is -1.14. The number of rotatable bonds is 5. The summed E-state index contributed by atoms with van der Waals surface area (Å²) in [7, 11) is 1.41. The Morgan fingerprint density at radius 1 is 1.24 bits per heavy atom. The van der Waals surface area contributed by atoms with E-state index >= 15 is 0 Å². The highest BCUT2D eigenvalue weighted by atomic mass is 16.5. The molecule has 2 saturated heterocycles. The van der Waals surface area contributed by atoms with Gasteiger partial charge in [0.1, 0.15) is 0 Å². The van der Waals surface area contributed by atoms with Crippen LogP contribution in [-0.2, 0) is 14.3 Å². The summed E-state index contributed by atoms with van der Waals surface area (Å²) in [5.41, 5.74) is 0. The molecule has 3 rings (SSSR count). The number of fused-ring (bicyclic) bond motifs is 1. The first-order valence-corrected chi connectivity index (χ1v) is 9.92. The Labute approximate surface area is 150 Å². The molecule has 6 nitrogen and oxygen atoms in total. The van der Waals surface area contributed by atoms with Gasteiger partial charge >= 0.3 is 5.97 Å². The molecular formula is C19H33N3O3. The first-order chi connectivity index (χ1) is 12.1. The van der Waals surface area contributed by atoms with Crippen LogP contribution in [0.2, 0.25) is 0 Å². The standard InChI is InChI=1S/C19H33N3O3/c1-12-5-3-6-13-9-16(21-18(12)13)19(24)22-15(10-17(23)25-2)14-7-4-8-20-11-14/h12-16,18,20-21H,3-11H2,1-2H3,(H,22,24)/t12?,13?,14?,15-,16?,18?/m0/s1. The van der Waals surface area contributed by atoms with Crippen LogP contribution in [-0.4, -0.2) is 50.2 Å². The van der Waals surface area contributed by atoms with Gasteiger partial charge in [-0.1, -0.05) is 13.3 Å². The van der Waals surface area contributed by atoms with Crippen LogP contribution in [0.15, 0.2) is 0 Å². The molecule has 3 fully saturated rings. The second kappa shape index (κ2) is 8.49. The summed E-state index contributed by atoms with van der Waals surface area (Å²) in [6.45, 7) is 4.15. The normalized spacial score (nSPS) is 36.3. The third-order valence-electron chi connectivity index (χ3n) is 6.45. The van der Waals surface area contributed by atoms with Gasteiger partial charge in [0.05, 0.1) is 19.6 Å². The molecule has 0 aromatic rings. The maximum Gasteiger partial charge on any atom is 0.307 e. The SMILES string of the molecule is COC(=O)C[C@H](NC(=O)C1CC2CCCC(C)C2N1)C1CCCNC1. The molecule has 142 valence electrons. The van der Waals surface area contributed by atoms with E-state index in [0.717, 1.165) is 32.4 Å². The van der Waals surface area contributed by atoms with Crippen LogP contribution in [0.5, 0.6) is 0 Å². The van der Waals surface area contributed by atoms with Crippen LogP contribution in [0.3, 0.4) is 0 Å². The average molecular weight is 351 g/mol. The Kier molecular flexibility index (Phi) is 6.34. The summed E-state index contributed by atoms with van der Waals surface area (Å²) in [5.74, 6) is 1.36. The van der Waals surface area contributed by atoms with Gasteiger partial charge in [-0.2, -0.15) is 0 Å². The molecule has 0 spiro atoms. The lowest BCUT2D eigenvalue weighted by Gasteiger charge is -2.32. The summed E-state index contributed by atoms with van der Waals surface area (Å²) in [5, 5.41) is 10.1. The van der Waals surface area contributed by atoms with Crippen molar-refractivity contribution < 1.29 is 14.3 Å². The fraction of sp³-hybridized carbons (Fsp3) is 0.895. The fourth-order valence-corrected chi connectivity index (χ4v) is 4.98. The number of ether oxygens (including phenoxy) is 1. The van der Waals surface area contributed by atoms with Crippen molar-refractivity contribution in [2.45, 2.75) is 70.0 Å². The quantitative estimate of drug-likeness (QED) is 0.649. The molecule has 5 unspecified atom stereocenters. The van der Waals surface area contributed by atoms with E-state index in [4.69, 9.17) is 4.74 Å². The van der Waals surface area contributed by atoms with E-state index in [1.54, 1.807) is 0 Å². The van der Waals surface area contributed by atoms with Crippen LogP contribution >= 0.6 is 0 Å². The topological polar surface area (TPSA) is 79.5 Å². The molecule has 0 bridgehead atoms. The summed E-state index contributed by atoms with van der Waals surface area (Å²) in [4.78, 5) is 24.7. The highest BCUT2D eigenvalue weighted by molar-refractivity contribution is 5.83. The summed E-state index contributed by atoms with van der Waals surface area (Å²) < 4.78 is 4.84. The van der Waals surface area contributed by atoms with Crippen molar-refractivity contribution in [2.24, 2.45) is 17.8 Å². The van der Waals surface area contributed by atoms with Gasteiger partial charge in [0.25, 0.3) is 0 Å². The molecular weight excluding hydrogens is 318 g/mol. The van der Waals surface area contributed by atoms with Gasteiger partial charge in [-0.3, -0.25) is 9.59 Å². The number of esters is 1. The second-order valence-corrected chi connectivity index (χ2v) is 8.15. The molecule has 1 amide bonds. The Bertz CT molecular complexity index is 479. The van der Waals surface area contributed by atoms with Crippen molar-refractivity contribution in [3.8, 4) is 0 Å². The van der Waals surface area contributed by atoms with E-state index in [2.05, 4.69) is 22.9 Å². The van der Waals surface area contributed by atoms with Crippen molar-refractivity contribution in [3.63, 3.8) is 0 Å². The molecule has 3 aliphatic rings. The number of carbonyl (C=O) groups excluding carboxylic acids is 2. The third-order valence-corrected chi connectivity index (χ3v) is 6.45. The molecule has 0 aromatic heterocycles. The number of carbonyl (C=O) groups is 2. The lowest BCUT2D eigenvalue weighted by Crippen LogP contribution is -2.52. The minimum absolute atomic E-state index is 0.0566. The van der Waals surface area contributed by atoms with Gasteiger partial charge in [-0.15, -0.1) is 0 Å².